The maximum absolute atomic E-state index is 11.7. The van der Waals surface area contributed by atoms with E-state index in [2.05, 4.69) is 19.9 Å². The predicted molar refractivity (Wildman–Crippen MR) is 107 cm³/mol. The third-order valence-corrected chi connectivity index (χ3v) is 4.93. The zero-order valence-electron chi connectivity index (χ0n) is 16.1. The van der Waals surface area contributed by atoms with Crippen LogP contribution in [0, 0.1) is 0 Å². The molecule has 27 heavy (non-hydrogen) atoms. The summed E-state index contributed by atoms with van der Waals surface area (Å²) in [6.45, 7) is 4.33. The number of carboxylic acids is 2. The van der Waals surface area contributed by atoms with Crippen LogP contribution in [0.3, 0.4) is 0 Å². The Labute approximate surface area is 160 Å². The van der Waals surface area contributed by atoms with Crippen LogP contribution in [0.4, 0.5) is 0 Å². The van der Waals surface area contributed by atoms with E-state index in [0.29, 0.717) is 12.0 Å². The van der Waals surface area contributed by atoms with Crippen molar-refractivity contribution in [1.29, 1.82) is 0 Å². The summed E-state index contributed by atoms with van der Waals surface area (Å²) >= 11 is 0. The molecule has 2 rings (SSSR count). The molecule has 0 saturated heterocycles. The lowest BCUT2D eigenvalue weighted by molar-refractivity contribution is 0.0650. The fourth-order valence-electron chi connectivity index (χ4n) is 3.51. The normalized spacial score (nSPS) is 10.7. The minimum atomic E-state index is -1.21. The molecule has 2 aromatic rings. The molecule has 0 aromatic heterocycles. The van der Waals surface area contributed by atoms with Crippen molar-refractivity contribution >= 4 is 11.9 Å². The average Bonchev–Trinajstić information content (AvgIpc) is 2.65. The first-order valence-electron chi connectivity index (χ1n) is 9.67. The van der Waals surface area contributed by atoms with Crippen LogP contribution in [0.2, 0.25) is 0 Å². The first kappa shape index (κ1) is 20.7. The van der Waals surface area contributed by atoms with E-state index in [-0.39, 0.29) is 11.1 Å². The van der Waals surface area contributed by atoms with E-state index < -0.39 is 11.9 Å². The summed E-state index contributed by atoms with van der Waals surface area (Å²) in [6, 6.07) is 10.9. The zero-order valence-corrected chi connectivity index (χ0v) is 16.1. The lowest BCUT2D eigenvalue weighted by atomic mass is 9.88. The van der Waals surface area contributed by atoms with E-state index in [1.807, 2.05) is 12.1 Å². The third-order valence-electron chi connectivity index (χ3n) is 4.93. The van der Waals surface area contributed by atoms with Crippen LogP contribution >= 0.6 is 0 Å². The Kier molecular flexibility index (Phi) is 7.59. The Morgan fingerprint density at radius 1 is 0.778 bits per heavy atom. The van der Waals surface area contributed by atoms with E-state index in [4.69, 9.17) is 0 Å². The summed E-state index contributed by atoms with van der Waals surface area (Å²) in [6.07, 6.45) is 6.84. The second-order valence-corrected chi connectivity index (χ2v) is 6.89. The van der Waals surface area contributed by atoms with Crippen molar-refractivity contribution in [3.05, 3.63) is 69.8 Å². The van der Waals surface area contributed by atoms with Gasteiger partial charge in [0.2, 0.25) is 0 Å². The highest BCUT2D eigenvalue weighted by atomic mass is 16.4. The van der Waals surface area contributed by atoms with Crippen molar-refractivity contribution in [2.24, 2.45) is 0 Å². The Balaban J connectivity index is 2.49. The number of hydrogen-bond acceptors (Lipinski definition) is 2. The molecular formula is C23H28O4. The van der Waals surface area contributed by atoms with Crippen molar-refractivity contribution < 1.29 is 19.8 Å². The van der Waals surface area contributed by atoms with Crippen molar-refractivity contribution in [2.75, 3.05) is 0 Å². The molecular weight excluding hydrogens is 340 g/mol. The highest BCUT2D eigenvalue weighted by Crippen LogP contribution is 2.25. The Morgan fingerprint density at radius 2 is 1.37 bits per heavy atom. The van der Waals surface area contributed by atoms with Gasteiger partial charge in [-0.05, 0) is 60.4 Å². The number of carboxylic acid groups (broad SMARTS) is 2. The van der Waals surface area contributed by atoms with E-state index in [1.165, 1.54) is 17.2 Å². The number of aryl methyl sites for hydroxylation is 1. The van der Waals surface area contributed by atoms with Gasteiger partial charge in [0.05, 0.1) is 11.1 Å². The molecule has 4 heteroatoms. The van der Waals surface area contributed by atoms with E-state index in [9.17, 15) is 19.8 Å². The van der Waals surface area contributed by atoms with Gasteiger partial charge in [-0.2, -0.15) is 0 Å². The van der Waals surface area contributed by atoms with Gasteiger partial charge in [0.1, 0.15) is 0 Å². The first-order chi connectivity index (χ1) is 13.0. The Hall–Kier alpha value is -2.62. The fourth-order valence-corrected chi connectivity index (χ4v) is 3.51. The summed E-state index contributed by atoms with van der Waals surface area (Å²) in [5, 5.41) is 18.9. The standard InChI is InChI=1S/C23H28O4/c1-3-5-9-16-10-7-11-17(19(16)13-6-4-2)15-18-12-8-14-20(22(24)25)21(18)23(26)27/h7-8,10-12,14H,3-6,9,13,15H2,1-2H3,(H,24,25)(H,26,27). The lowest BCUT2D eigenvalue weighted by Gasteiger charge is -2.16. The quantitative estimate of drug-likeness (QED) is 0.592. The largest absolute Gasteiger partial charge is 0.478 e. The predicted octanol–water partition coefficient (Wildman–Crippen LogP) is 5.36. The molecule has 0 aliphatic rings. The fraction of sp³-hybridized carbons (Fsp3) is 0.391. The summed E-state index contributed by atoms with van der Waals surface area (Å²) in [5.74, 6) is -2.41. The topological polar surface area (TPSA) is 74.6 Å². The van der Waals surface area contributed by atoms with Crippen molar-refractivity contribution in [2.45, 2.75) is 58.8 Å². The molecule has 0 unspecified atom stereocenters. The molecule has 0 atom stereocenters. The minimum Gasteiger partial charge on any atom is -0.478 e. The van der Waals surface area contributed by atoms with Gasteiger partial charge >= 0.3 is 11.9 Å². The van der Waals surface area contributed by atoms with E-state index >= 15 is 0 Å². The SMILES string of the molecule is CCCCc1cccc(Cc2cccc(C(=O)O)c2C(=O)O)c1CCCC. The summed E-state index contributed by atoms with van der Waals surface area (Å²) in [4.78, 5) is 23.2. The maximum Gasteiger partial charge on any atom is 0.336 e. The van der Waals surface area contributed by atoms with E-state index in [1.54, 1.807) is 12.1 Å². The van der Waals surface area contributed by atoms with Gasteiger partial charge in [-0.15, -0.1) is 0 Å². The van der Waals surface area contributed by atoms with Crippen LogP contribution in [-0.4, -0.2) is 22.2 Å². The van der Waals surface area contributed by atoms with Crippen LogP contribution in [0.25, 0.3) is 0 Å². The lowest BCUT2D eigenvalue weighted by Crippen LogP contribution is -2.12. The van der Waals surface area contributed by atoms with Gasteiger partial charge in [-0.25, -0.2) is 9.59 Å². The first-order valence-corrected chi connectivity index (χ1v) is 9.67. The number of carbonyl (C=O) groups is 2. The van der Waals surface area contributed by atoms with Gasteiger partial charge in [-0.3, -0.25) is 0 Å². The van der Waals surface area contributed by atoms with Crippen molar-refractivity contribution in [3.63, 3.8) is 0 Å². The molecule has 2 N–H and O–H groups in total. The molecule has 0 saturated carbocycles. The van der Waals surface area contributed by atoms with Gasteiger partial charge < -0.3 is 10.2 Å². The number of hydrogen-bond donors (Lipinski definition) is 2. The molecule has 2 aromatic carbocycles. The van der Waals surface area contributed by atoms with Gasteiger partial charge in [0.15, 0.2) is 0 Å². The number of rotatable bonds is 10. The smallest absolute Gasteiger partial charge is 0.336 e. The van der Waals surface area contributed by atoms with Crippen LogP contribution < -0.4 is 0 Å². The minimum absolute atomic E-state index is 0.106. The van der Waals surface area contributed by atoms with Crippen LogP contribution in [0.15, 0.2) is 36.4 Å². The second-order valence-electron chi connectivity index (χ2n) is 6.89. The number of aromatic carboxylic acids is 2. The Morgan fingerprint density at radius 3 is 2.00 bits per heavy atom. The third kappa shape index (κ3) is 5.19. The van der Waals surface area contributed by atoms with Crippen molar-refractivity contribution in [3.8, 4) is 0 Å². The molecule has 0 spiro atoms. The van der Waals surface area contributed by atoms with Crippen LogP contribution in [0.5, 0.6) is 0 Å². The highest BCUT2D eigenvalue weighted by molar-refractivity contribution is 6.02. The van der Waals surface area contributed by atoms with Crippen molar-refractivity contribution in [1.82, 2.24) is 0 Å². The molecule has 4 nitrogen and oxygen atoms in total. The van der Waals surface area contributed by atoms with Crippen LogP contribution in [-0.2, 0) is 19.3 Å². The molecule has 0 radical (unpaired) electrons. The molecule has 0 heterocycles. The van der Waals surface area contributed by atoms with Gasteiger partial charge in [0, 0.05) is 0 Å². The summed E-state index contributed by atoms with van der Waals surface area (Å²) in [7, 11) is 0. The molecule has 0 aliphatic carbocycles. The number of unbranched alkanes of at least 4 members (excludes halogenated alkanes) is 2. The Bertz CT molecular complexity index is 808. The molecule has 0 amide bonds. The molecule has 0 aliphatic heterocycles. The monoisotopic (exact) mass is 368 g/mol. The van der Waals surface area contributed by atoms with Gasteiger partial charge in [-0.1, -0.05) is 57.0 Å². The molecule has 0 fully saturated rings. The van der Waals surface area contributed by atoms with Gasteiger partial charge in [0.25, 0.3) is 0 Å². The highest BCUT2D eigenvalue weighted by Gasteiger charge is 2.20. The molecule has 0 bridgehead atoms. The summed E-state index contributed by atoms with van der Waals surface area (Å²) in [5.41, 5.74) is 4.01. The number of benzene rings is 2. The maximum atomic E-state index is 11.7. The van der Waals surface area contributed by atoms with E-state index in [0.717, 1.165) is 44.1 Å². The summed E-state index contributed by atoms with van der Waals surface area (Å²) < 4.78 is 0. The zero-order chi connectivity index (χ0) is 19.8. The second kappa shape index (κ2) is 9.91. The molecule has 144 valence electrons. The average molecular weight is 368 g/mol. The van der Waals surface area contributed by atoms with Crippen LogP contribution in [0.1, 0.15) is 82.5 Å².